The number of hydrogen-bond donors (Lipinski definition) is 0. The Morgan fingerprint density at radius 1 is 1.46 bits per heavy atom. The lowest BCUT2D eigenvalue weighted by molar-refractivity contribution is 0.500. The Labute approximate surface area is 73.1 Å². The van der Waals surface area contributed by atoms with Gasteiger partial charge in [-0.3, -0.25) is 0 Å². The third-order valence-electron chi connectivity index (χ3n) is 1.62. The molecule has 0 amide bonds. The molecular formula is C7H5BF3N2-. The van der Waals surface area contributed by atoms with Gasteiger partial charge in [0.1, 0.15) is 11.8 Å². The van der Waals surface area contributed by atoms with Crippen LogP contribution in [0.3, 0.4) is 0 Å². The highest BCUT2D eigenvalue weighted by Gasteiger charge is 2.27. The summed E-state index contributed by atoms with van der Waals surface area (Å²) in [6.07, 6.45) is 0.702. The van der Waals surface area contributed by atoms with Gasteiger partial charge >= 0.3 is 6.98 Å². The van der Waals surface area contributed by atoms with Gasteiger partial charge in [0, 0.05) is 6.20 Å². The van der Waals surface area contributed by atoms with Crippen LogP contribution >= 0.6 is 0 Å². The number of rotatable bonds is 1. The number of nitrogens with zero attached hydrogens (tertiary/aromatic N) is 2. The first-order valence-corrected chi connectivity index (χ1v) is 3.51. The lowest BCUT2D eigenvalue weighted by Gasteiger charge is -2.16. The molecule has 0 N–H and O–H groups in total. The van der Waals surface area contributed by atoms with Gasteiger partial charge in [0.2, 0.25) is 0 Å². The smallest absolute Gasteiger partial charge is 0.445 e. The van der Waals surface area contributed by atoms with Crippen molar-refractivity contribution in [1.82, 2.24) is 4.98 Å². The van der Waals surface area contributed by atoms with E-state index < -0.39 is 12.4 Å². The van der Waals surface area contributed by atoms with Crippen LogP contribution in [0.25, 0.3) is 0 Å². The molecule has 0 aromatic carbocycles. The molecular weight excluding hydrogens is 180 g/mol. The van der Waals surface area contributed by atoms with E-state index in [9.17, 15) is 12.9 Å². The van der Waals surface area contributed by atoms with Crippen LogP contribution in [0, 0.1) is 18.3 Å². The predicted molar refractivity (Wildman–Crippen MR) is 42.4 cm³/mol. The number of nitriles is 1. The summed E-state index contributed by atoms with van der Waals surface area (Å²) in [4.78, 5) is 3.36. The number of pyridine rings is 1. The van der Waals surface area contributed by atoms with Crippen molar-refractivity contribution in [2.75, 3.05) is 0 Å². The minimum atomic E-state index is -5.02. The molecule has 0 bridgehead atoms. The van der Waals surface area contributed by atoms with E-state index in [0.717, 1.165) is 6.07 Å². The Balaban J connectivity index is 3.23. The molecule has 0 aliphatic rings. The summed E-state index contributed by atoms with van der Waals surface area (Å²) < 4.78 is 36.7. The molecule has 2 nitrogen and oxygen atoms in total. The molecule has 0 fully saturated rings. The highest BCUT2D eigenvalue weighted by Crippen LogP contribution is 2.11. The van der Waals surface area contributed by atoms with E-state index >= 15 is 0 Å². The van der Waals surface area contributed by atoms with Gasteiger partial charge in [-0.25, -0.2) is 4.98 Å². The molecule has 1 aromatic heterocycles. The fourth-order valence-electron chi connectivity index (χ4n) is 0.970. The number of hydrogen-bond acceptors (Lipinski definition) is 2. The summed E-state index contributed by atoms with van der Waals surface area (Å²) in [6, 6.07) is 2.80. The van der Waals surface area contributed by atoms with Crippen LogP contribution in [0.2, 0.25) is 0 Å². The van der Waals surface area contributed by atoms with Crippen molar-refractivity contribution >= 4 is 12.4 Å². The summed E-state index contributed by atoms with van der Waals surface area (Å²) in [5.41, 5.74) is -0.695. The molecule has 0 unspecified atom stereocenters. The van der Waals surface area contributed by atoms with Crippen LogP contribution in [0.15, 0.2) is 12.3 Å². The van der Waals surface area contributed by atoms with E-state index in [2.05, 4.69) is 4.98 Å². The third kappa shape index (κ3) is 1.99. The highest BCUT2D eigenvalue weighted by atomic mass is 19.4. The fraction of sp³-hybridized carbons (Fsp3) is 0.143. The van der Waals surface area contributed by atoms with Crippen LogP contribution < -0.4 is 5.46 Å². The van der Waals surface area contributed by atoms with Gasteiger partial charge in [0.05, 0.1) is 0 Å². The maximum Gasteiger partial charge on any atom is 0.511 e. The molecule has 0 atom stereocenters. The molecule has 1 heterocycles. The first-order valence-electron chi connectivity index (χ1n) is 3.51. The maximum atomic E-state index is 12.2. The first kappa shape index (κ1) is 9.58. The average molecular weight is 185 g/mol. The van der Waals surface area contributed by atoms with E-state index in [-0.39, 0.29) is 11.3 Å². The monoisotopic (exact) mass is 185 g/mol. The van der Waals surface area contributed by atoms with Gasteiger partial charge in [-0.1, -0.05) is 11.0 Å². The van der Waals surface area contributed by atoms with Crippen molar-refractivity contribution in [3.8, 4) is 6.07 Å². The molecule has 0 radical (unpaired) electrons. The number of halogens is 3. The fourth-order valence-corrected chi connectivity index (χ4v) is 0.970. The molecule has 68 valence electrons. The average Bonchev–Trinajstić information content (AvgIpc) is 2.01. The van der Waals surface area contributed by atoms with Crippen LogP contribution in [0.5, 0.6) is 0 Å². The summed E-state index contributed by atoms with van der Waals surface area (Å²) in [5.74, 6) is 0. The van der Waals surface area contributed by atoms with Crippen molar-refractivity contribution in [2.24, 2.45) is 0 Å². The van der Waals surface area contributed by atoms with E-state index in [1.165, 1.54) is 6.92 Å². The molecule has 0 aliphatic carbocycles. The minimum absolute atomic E-state index is 0.00120. The van der Waals surface area contributed by atoms with Crippen LogP contribution in [0.4, 0.5) is 12.9 Å². The lowest BCUT2D eigenvalue weighted by atomic mass is 9.78. The van der Waals surface area contributed by atoms with Crippen molar-refractivity contribution < 1.29 is 12.9 Å². The van der Waals surface area contributed by atoms with Crippen molar-refractivity contribution in [1.29, 1.82) is 5.26 Å². The maximum absolute atomic E-state index is 12.2. The normalized spacial score (nSPS) is 11.0. The summed E-state index contributed by atoms with van der Waals surface area (Å²) in [6.45, 7) is -3.71. The van der Waals surface area contributed by atoms with Gasteiger partial charge < -0.3 is 12.9 Å². The molecule has 0 spiro atoms. The molecule has 0 saturated carbocycles. The van der Waals surface area contributed by atoms with Crippen LogP contribution in [0.1, 0.15) is 11.3 Å². The first-order chi connectivity index (χ1) is 5.95. The van der Waals surface area contributed by atoms with Gasteiger partial charge in [0.15, 0.2) is 0 Å². The molecule has 0 saturated heterocycles. The minimum Gasteiger partial charge on any atom is -0.445 e. The Bertz CT molecular complexity index is 367. The van der Waals surface area contributed by atoms with Gasteiger partial charge in [-0.05, 0) is 13.0 Å². The number of aromatic nitrogens is 1. The Morgan fingerprint density at radius 3 is 2.46 bits per heavy atom. The van der Waals surface area contributed by atoms with E-state index in [1.54, 1.807) is 6.07 Å². The highest BCUT2D eigenvalue weighted by molar-refractivity contribution is 6.73. The van der Waals surface area contributed by atoms with E-state index in [0.29, 0.717) is 6.20 Å². The number of aryl methyl sites for hydroxylation is 1. The molecule has 1 rings (SSSR count). The SMILES string of the molecule is Cc1cc(C#N)ncc1[B-](F)(F)F. The standard InChI is InChI=1S/C7H5BF3N2/c1-5-2-6(3-12)13-4-7(5)8(9,10)11/h2,4H,1H3/q-1. The Kier molecular flexibility index (Phi) is 2.28. The van der Waals surface area contributed by atoms with Gasteiger partial charge in [-0.2, -0.15) is 5.26 Å². The lowest BCUT2D eigenvalue weighted by Crippen LogP contribution is -2.36. The van der Waals surface area contributed by atoms with Crippen molar-refractivity contribution in [3.63, 3.8) is 0 Å². The van der Waals surface area contributed by atoms with Gasteiger partial charge in [0.25, 0.3) is 0 Å². The summed E-state index contributed by atoms with van der Waals surface area (Å²) in [7, 11) is 0. The third-order valence-corrected chi connectivity index (χ3v) is 1.62. The Morgan fingerprint density at radius 2 is 2.08 bits per heavy atom. The van der Waals surface area contributed by atoms with E-state index in [4.69, 9.17) is 5.26 Å². The second-order valence-electron chi connectivity index (χ2n) is 2.61. The van der Waals surface area contributed by atoms with Gasteiger partial charge in [-0.15, -0.1) is 0 Å². The molecule has 0 aliphatic heterocycles. The quantitative estimate of drug-likeness (QED) is 0.618. The summed E-state index contributed by atoms with van der Waals surface area (Å²) in [5, 5.41) is 8.37. The molecule has 13 heavy (non-hydrogen) atoms. The largest absolute Gasteiger partial charge is 0.511 e. The zero-order valence-corrected chi connectivity index (χ0v) is 6.76. The molecule has 1 aromatic rings. The van der Waals surface area contributed by atoms with E-state index in [1.807, 2.05) is 0 Å². The van der Waals surface area contributed by atoms with Crippen LogP contribution in [-0.4, -0.2) is 12.0 Å². The summed E-state index contributed by atoms with van der Waals surface area (Å²) >= 11 is 0. The van der Waals surface area contributed by atoms with Crippen LogP contribution in [-0.2, 0) is 0 Å². The zero-order chi connectivity index (χ0) is 10.1. The van der Waals surface area contributed by atoms with Crippen molar-refractivity contribution in [3.05, 3.63) is 23.5 Å². The second-order valence-corrected chi connectivity index (χ2v) is 2.61. The topological polar surface area (TPSA) is 36.7 Å². The zero-order valence-electron chi connectivity index (χ0n) is 6.76. The Hall–Kier alpha value is -1.51. The van der Waals surface area contributed by atoms with Crippen molar-refractivity contribution in [2.45, 2.75) is 6.92 Å². The predicted octanol–water partition coefficient (Wildman–Crippen LogP) is 1.32. The molecule has 6 heteroatoms. The second kappa shape index (κ2) is 3.09.